The lowest BCUT2D eigenvalue weighted by atomic mass is 10.1. The minimum Gasteiger partial charge on any atom is -0.398 e. The fourth-order valence-corrected chi connectivity index (χ4v) is 2.44. The highest BCUT2D eigenvalue weighted by Gasteiger charge is 2.02. The van der Waals surface area contributed by atoms with Crippen LogP contribution in [0, 0.1) is 0 Å². The first-order chi connectivity index (χ1) is 8.27. The highest BCUT2D eigenvalue weighted by atomic mass is 32.2. The topological polar surface area (TPSA) is 26.0 Å². The van der Waals surface area contributed by atoms with Crippen LogP contribution in [0.4, 0.5) is 5.69 Å². The van der Waals surface area contributed by atoms with Gasteiger partial charge in [0.05, 0.1) is 0 Å². The van der Waals surface area contributed by atoms with Crippen molar-refractivity contribution in [3.8, 4) is 0 Å². The van der Waals surface area contributed by atoms with Crippen molar-refractivity contribution in [2.45, 2.75) is 4.90 Å². The van der Waals surface area contributed by atoms with Crippen molar-refractivity contribution < 1.29 is 0 Å². The van der Waals surface area contributed by atoms with Gasteiger partial charge in [0.15, 0.2) is 0 Å². The van der Waals surface area contributed by atoms with Crippen molar-refractivity contribution in [1.29, 1.82) is 0 Å². The van der Waals surface area contributed by atoms with Crippen LogP contribution in [0.25, 0.3) is 5.57 Å². The second-order valence-electron chi connectivity index (χ2n) is 3.80. The summed E-state index contributed by atoms with van der Waals surface area (Å²) >= 11 is 1.73. The quantitative estimate of drug-likeness (QED) is 0.645. The Morgan fingerprint density at radius 1 is 1.00 bits per heavy atom. The molecule has 0 aromatic heterocycles. The Kier molecular flexibility index (Phi) is 3.89. The van der Waals surface area contributed by atoms with Crippen LogP contribution in [0.5, 0.6) is 0 Å². The van der Waals surface area contributed by atoms with Gasteiger partial charge in [-0.05, 0) is 23.3 Å². The summed E-state index contributed by atoms with van der Waals surface area (Å²) in [6.45, 7) is 4.11. The smallest absolute Gasteiger partial charge is 0.0452 e. The first kappa shape index (κ1) is 11.8. The summed E-state index contributed by atoms with van der Waals surface area (Å²) in [5, 5.41) is 0. The maximum absolute atomic E-state index is 5.89. The van der Waals surface area contributed by atoms with Gasteiger partial charge in [0, 0.05) is 16.3 Å². The summed E-state index contributed by atoms with van der Waals surface area (Å²) in [5.74, 6) is 0.859. The van der Waals surface area contributed by atoms with Crippen molar-refractivity contribution in [2.75, 3.05) is 11.5 Å². The van der Waals surface area contributed by atoms with E-state index in [-0.39, 0.29) is 0 Å². The lowest BCUT2D eigenvalue weighted by molar-refractivity contribution is 1.46. The average Bonchev–Trinajstić information content (AvgIpc) is 2.38. The van der Waals surface area contributed by atoms with Gasteiger partial charge in [0.25, 0.3) is 0 Å². The standard InChI is InChI=1S/C15H15NS/c1-12(13-7-3-2-4-8-13)11-17-15-10-6-5-9-14(15)16/h2-10H,1,11,16H2. The fraction of sp³-hybridized carbons (Fsp3) is 0.0667. The lowest BCUT2D eigenvalue weighted by Gasteiger charge is -2.07. The second-order valence-corrected chi connectivity index (χ2v) is 4.81. The van der Waals surface area contributed by atoms with E-state index in [9.17, 15) is 0 Å². The van der Waals surface area contributed by atoms with Gasteiger partial charge in [-0.2, -0.15) is 0 Å². The van der Waals surface area contributed by atoms with E-state index in [0.717, 1.165) is 21.9 Å². The van der Waals surface area contributed by atoms with Crippen LogP contribution in [0.15, 0.2) is 66.1 Å². The van der Waals surface area contributed by atoms with E-state index in [4.69, 9.17) is 5.73 Å². The largest absolute Gasteiger partial charge is 0.398 e. The van der Waals surface area contributed by atoms with Crippen molar-refractivity contribution in [3.05, 3.63) is 66.7 Å². The SMILES string of the molecule is C=C(CSc1ccccc1N)c1ccccc1. The molecule has 86 valence electrons. The minimum absolute atomic E-state index is 0.832. The molecule has 1 nitrogen and oxygen atoms in total. The molecule has 2 aromatic carbocycles. The van der Waals surface area contributed by atoms with Crippen molar-refractivity contribution in [1.82, 2.24) is 0 Å². The third-order valence-electron chi connectivity index (χ3n) is 2.50. The number of hydrogen-bond acceptors (Lipinski definition) is 2. The third-order valence-corrected chi connectivity index (χ3v) is 3.68. The molecule has 0 aliphatic carbocycles. The number of benzene rings is 2. The molecule has 2 rings (SSSR count). The van der Waals surface area contributed by atoms with Crippen molar-refractivity contribution in [2.24, 2.45) is 0 Å². The highest BCUT2D eigenvalue weighted by molar-refractivity contribution is 7.99. The summed E-state index contributed by atoms with van der Waals surface area (Å²) in [5.41, 5.74) is 9.04. The fourth-order valence-electron chi connectivity index (χ4n) is 1.53. The summed E-state index contributed by atoms with van der Waals surface area (Å²) in [6.07, 6.45) is 0. The molecule has 0 unspecified atom stereocenters. The number of para-hydroxylation sites is 1. The van der Waals surface area contributed by atoms with Gasteiger partial charge >= 0.3 is 0 Å². The molecule has 0 bridgehead atoms. The predicted molar refractivity (Wildman–Crippen MR) is 77.1 cm³/mol. The second kappa shape index (κ2) is 5.60. The molecule has 0 fully saturated rings. The van der Waals surface area contributed by atoms with Gasteiger partial charge in [-0.25, -0.2) is 0 Å². The Balaban J connectivity index is 2.00. The maximum atomic E-state index is 5.89. The monoisotopic (exact) mass is 241 g/mol. The summed E-state index contributed by atoms with van der Waals surface area (Å²) in [6, 6.07) is 18.2. The van der Waals surface area contributed by atoms with Crippen LogP contribution in [-0.4, -0.2) is 5.75 Å². The van der Waals surface area contributed by atoms with Gasteiger partial charge < -0.3 is 5.73 Å². The predicted octanol–water partition coefficient (Wildman–Crippen LogP) is 4.07. The molecule has 0 aliphatic rings. The number of anilines is 1. The van der Waals surface area contributed by atoms with Gasteiger partial charge in [-0.3, -0.25) is 0 Å². The van der Waals surface area contributed by atoms with Crippen LogP contribution in [0.2, 0.25) is 0 Å². The summed E-state index contributed by atoms with van der Waals surface area (Å²) in [7, 11) is 0. The molecule has 17 heavy (non-hydrogen) atoms. The van der Waals surface area contributed by atoms with E-state index >= 15 is 0 Å². The Labute approximate surface area is 106 Å². The van der Waals surface area contributed by atoms with E-state index in [1.54, 1.807) is 11.8 Å². The van der Waals surface area contributed by atoms with Gasteiger partial charge in [-0.15, -0.1) is 11.8 Å². The summed E-state index contributed by atoms with van der Waals surface area (Å²) in [4.78, 5) is 1.12. The number of rotatable bonds is 4. The zero-order valence-electron chi connectivity index (χ0n) is 9.60. The lowest BCUT2D eigenvalue weighted by Crippen LogP contribution is -1.90. The Bertz CT molecular complexity index is 505. The molecule has 0 saturated carbocycles. The van der Waals surface area contributed by atoms with E-state index in [0.29, 0.717) is 0 Å². The van der Waals surface area contributed by atoms with Gasteiger partial charge in [0.2, 0.25) is 0 Å². The van der Waals surface area contributed by atoms with Crippen LogP contribution in [-0.2, 0) is 0 Å². The third kappa shape index (κ3) is 3.14. The molecule has 2 heteroatoms. The molecule has 0 amide bonds. The van der Waals surface area contributed by atoms with E-state index in [1.807, 2.05) is 42.5 Å². The highest BCUT2D eigenvalue weighted by Crippen LogP contribution is 2.28. The minimum atomic E-state index is 0.832. The molecular formula is C15H15NS. The first-order valence-corrected chi connectivity index (χ1v) is 6.46. The Morgan fingerprint density at radius 3 is 2.35 bits per heavy atom. The Hall–Kier alpha value is -1.67. The molecule has 0 aliphatic heterocycles. The number of hydrogen-bond donors (Lipinski definition) is 1. The molecule has 0 heterocycles. The summed E-state index contributed by atoms with van der Waals surface area (Å²) < 4.78 is 0. The first-order valence-electron chi connectivity index (χ1n) is 5.48. The Morgan fingerprint density at radius 2 is 1.65 bits per heavy atom. The van der Waals surface area contributed by atoms with E-state index in [1.165, 1.54) is 5.56 Å². The molecule has 0 saturated heterocycles. The van der Waals surface area contributed by atoms with Crippen LogP contribution in [0.1, 0.15) is 5.56 Å². The molecule has 0 atom stereocenters. The molecule has 2 N–H and O–H groups in total. The zero-order valence-corrected chi connectivity index (χ0v) is 10.4. The van der Waals surface area contributed by atoms with Crippen LogP contribution < -0.4 is 5.73 Å². The van der Waals surface area contributed by atoms with E-state index in [2.05, 4.69) is 18.7 Å². The van der Waals surface area contributed by atoms with Gasteiger partial charge in [-0.1, -0.05) is 49.0 Å². The van der Waals surface area contributed by atoms with Crippen LogP contribution in [0.3, 0.4) is 0 Å². The zero-order chi connectivity index (χ0) is 12.1. The average molecular weight is 241 g/mol. The number of thioether (sulfide) groups is 1. The van der Waals surface area contributed by atoms with E-state index < -0.39 is 0 Å². The maximum Gasteiger partial charge on any atom is 0.0452 e. The number of nitrogen functional groups attached to an aromatic ring is 1. The van der Waals surface area contributed by atoms with Gasteiger partial charge in [0.1, 0.15) is 0 Å². The van der Waals surface area contributed by atoms with Crippen LogP contribution >= 0.6 is 11.8 Å². The van der Waals surface area contributed by atoms with Crippen molar-refractivity contribution >= 4 is 23.0 Å². The molecule has 2 aromatic rings. The molecule has 0 radical (unpaired) electrons. The van der Waals surface area contributed by atoms with Crippen molar-refractivity contribution in [3.63, 3.8) is 0 Å². The normalized spacial score (nSPS) is 10.1. The molecule has 0 spiro atoms. The number of nitrogens with two attached hydrogens (primary N) is 1. The molecular weight excluding hydrogens is 226 g/mol.